The second-order valence-corrected chi connectivity index (χ2v) is 3.77. The van der Waals surface area contributed by atoms with Gasteiger partial charge in [0.05, 0.1) is 0 Å². The summed E-state index contributed by atoms with van der Waals surface area (Å²) in [5, 5.41) is 6.71. The monoisotopic (exact) mass is 248 g/mol. The molecule has 0 unspecified atom stereocenters. The Labute approximate surface area is 104 Å². The summed E-state index contributed by atoms with van der Waals surface area (Å²) in [7, 11) is 0. The maximum absolute atomic E-state index is 12.7. The van der Waals surface area contributed by atoms with E-state index >= 15 is 0 Å². The zero-order chi connectivity index (χ0) is 12.8. The van der Waals surface area contributed by atoms with Crippen LogP contribution in [0.5, 0.6) is 0 Å². The molecule has 0 aliphatic rings. The lowest BCUT2D eigenvalue weighted by Gasteiger charge is -2.05. The van der Waals surface area contributed by atoms with Gasteiger partial charge in [-0.15, -0.1) is 0 Å². The number of nitrogens with zero attached hydrogens (tertiary/aromatic N) is 3. The number of carbonyl (C=O) groups excluding carboxylic acids is 1. The van der Waals surface area contributed by atoms with Gasteiger partial charge in [-0.05, 0) is 30.7 Å². The first kappa shape index (κ1) is 12.2. The van der Waals surface area contributed by atoms with Gasteiger partial charge in [0.15, 0.2) is 0 Å². The molecule has 0 aliphatic carbocycles. The minimum absolute atomic E-state index is 0.200. The molecule has 0 atom stereocenters. The highest BCUT2D eigenvalue weighted by molar-refractivity contribution is 5.94. The fourth-order valence-corrected chi connectivity index (χ4v) is 1.49. The lowest BCUT2D eigenvalue weighted by atomic mass is 10.2. The molecule has 5 nitrogen and oxygen atoms in total. The minimum atomic E-state index is -0.349. The van der Waals surface area contributed by atoms with Crippen molar-refractivity contribution < 1.29 is 9.18 Å². The molecule has 0 radical (unpaired) electrons. The molecule has 2 rings (SSSR count). The van der Waals surface area contributed by atoms with Crippen molar-refractivity contribution in [1.82, 2.24) is 20.1 Å². The van der Waals surface area contributed by atoms with Crippen LogP contribution in [0, 0.1) is 5.82 Å². The Kier molecular flexibility index (Phi) is 4.01. The van der Waals surface area contributed by atoms with Crippen molar-refractivity contribution in [2.24, 2.45) is 0 Å². The topological polar surface area (TPSA) is 59.8 Å². The number of benzene rings is 1. The van der Waals surface area contributed by atoms with Gasteiger partial charge in [-0.25, -0.2) is 9.37 Å². The van der Waals surface area contributed by atoms with Crippen molar-refractivity contribution in [1.29, 1.82) is 0 Å². The predicted molar refractivity (Wildman–Crippen MR) is 63.4 cm³/mol. The zero-order valence-electron chi connectivity index (χ0n) is 9.71. The molecule has 0 spiro atoms. The van der Waals surface area contributed by atoms with Crippen LogP contribution in [0.4, 0.5) is 4.39 Å². The Morgan fingerprint density at radius 3 is 2.78 bits per heavy atom. The molecular formula is C12H13FN4O. The van der Waals surface area contributed by atoms with E-state index in [-0.39, 0.29) is 11.7 Å². The molecule has 0 saturated heterocycles. The molecule has 1 heterocycles. The van der Waals surface area contributed by atoms with Gasteiger partial charge in [0, 0.05) is 18.7 Å². The number of nitrogens with one attached hydrogen (secondary N) is 1. The van der Waals surface area contributed by atoms with Crippen molar-refractivity contribution in [2.45, 2.75) is 13.0 Å². The van der Waals surface area contributed by atoms with Crippen molar-refractivity contribution in [3.05, 3.63) is 48.3 Å². The number of aryl methyl sites for hydroxylation is 1. The van der Waals surface area contributed by atoms with Crippen LogP contribution in [0.1, 0.15) is 16.8 Å². The molecule has 0 aliphatic heterocycles. The summed E-state index contributed by atoms with van der Waals surface area (Å²) in [6.45, 7) is 1.24. The van der Waals surface area contributed by atoms with Crippen LogP contribution in [-0.4, -0.2) is 27.2 Å². The summed E-state index contributed by atoms with van der Waals surface area (Å²) in [4.78, 5) is 15.5. The summed E-state index contributed by atoms with van der Waals surface area (Å²) >= 11 is 0. The second-order valence-electron chi connectivity index (χ2n) is 3.77. The highest BCUT2D eigenvalue weighted by atomic mass is 19.1. The van der Waals surface area contributed by atoms with Crippen molar-refractivity contribution in [3.63, 3.8) is 0 Å². The van der Waals surface area contributed by atoms with Crippen LogP contribution in [0.3, 0.4) is 0 Å². The predicted octanol–water partition coefficient (Wildman–Crippen LogP) is 1.24. The third kappa shape index (κ3) is 3.38. The van der Waals surface area contributed by atoms with Crippen LogP contribution in [-0.2, 0) is 6.54 Å². The van der Waals surface area contributed by atoms with E-state index < -0.39 is 0 Å². The van der Waals surface area contributed by atoms with Gasteiger partial charge in [-0.2, -0.15) is 5.10 Å². The van der Waals surface area contributed by atoms with Gasteiger partial charge in [-0.3, -0.25) is 9.48 Å². The third-order valence-corrected chi connectivity index (χ3v) is 2.42. The van der Waals surface area contributed by atoms with Gasteiger partial charge in [0.25, 0.3) is 5.91 Å². The summed E-state index contributed by atoms with van der Waals surface area (Å²) < 4.78 is 14.4. The Balaban J connectivity index is 1.73. The average molecular weight is 248 g/mol. The maximum atomic E-state index is 12.7. The second kappa shape index (κ2) is 5.90. The van der Waals surface area contributed by atoms with E-state index in [4.69, 9.17) is 0 Å². The van der Waals surface area contributed by atoms with Crippen LogP contribution in [0.25, 0.3) is 0 Å². The van der Waals surface area contributed by atoms with Gasteiger partial charge < -0.3 is 5.32 Å². The Bertz CT molecular complexity index is 495. The van der Waals surface area contributed by atoms with Crippen LogP contribution in [0.2, 0.25) is 0 Å². The van der Waals surface area contributed by atoms with Crippen molar-refractivity contribution in [2.75, 3.05) is 6.54 Å². The van der Waals surface area contributed by atoms with E-state index in [9.17, 15) is 9.18 Å². The highest BCUT2D eigenvalue weighted by Crippen LogP contribution is 2.02. The molecule has 1 aromatic carbocycles. The summed E-state index contributed by atoms with van der Waals surface area (Å²) in [5.74, 6) is -0.550. The van der Waals surface area contributed by atoms with Crippen LogP contribution >= 0.6 is 0 Å². The molecule has 1 aromatic heterocycles. The average Bonchev–Trinajstić information content (AvgIpc) is 2.88. The first-order chi connectivity index (χ1) is 8.75. The number of hydrogen-bond donors (Lipinski definition) is 1. The number of amides is 1. The molecule has 6 heteroatoms. The number of rotatable bonds is 5. The van der Waals surface area contributed by atoms with Gasteiger partial charge in [0.2, 0.25) is 0 Å². The van der Waals surface area contributed by atoms with Crippen LogP contribution in [0.15, 0.2) is 36.9 Å². The fourth-order valence-electron chi connectivity index (χ4n) is 1.49. The molecule has 1 amide bonds. The number of aromatic nitrogens is 3. The van der Waals surface area contributed by atoms with Gasteiger partial charge in [-0.1, -0.05) is 0 Å². The van der Waals surface area contributed by atoms with Gasteiger partial charge >= 0.3 is 0 Å². The minimum Gasteiger partial charge on any atom is -0.352 e. The first-order valence-electron chi connectivity index (χ1n) is 5.62. The van der Waals surface area contributed by atoms with E-state index in [1.165, 1.54) is 30.6 Å². The largest absolute Gasteiger partial charge is 0.352 e. The lowest BCUT2D eigenvalue weighted by Crippen LogP contribution is -2.25. The van der Waals surface area contributed by atoms with E-state index in [0.29, 0.717) is 18.7 Å². The Morgan fingerprint density at radius 1 is 1.33 bits per heavy atom. The molecule has 0 saturated carbocycles. The number of carbonyl (C=O) groups is 1. The Morgan fingerprint density at radius 2 is 2.11 bits per heavy atom. The lowest BCUT2D eigenvalue weighted by molar-refractivity contribution is 0.0952. The van der Waals surface area contributed by atoms with Crippen molar-refractivity contribution >= 4 is 5.91 Å². The molecule has 18 heavy (non-hydrogen) atoms. The van der Waals surface area contributed by atoms with Gasteiger partial charge in [0.1, 0.15) is 18.5 Å². The van der Waals surface area contributed by atoms with Crippen LogP contribution < -0.4 is 5.32 Å². The molecule has 2 aromatic rings. The third-order valence-electron chi connectivity index (χ3n) is 2.42. The smallest absolute Gasteiger partial charge is 0.251 e. The Hall–Kier alpha value is -2.24. The zero-order valence-corrected chi connectivity index (χ0v) is 9.71. The quantitative estimate of drug-likeness (QED) is 0.810. The molecule has 94 valence electrons. The number of hydrogen-bond acceptors (Lipinski definition) is 3. The molecule has 0 fully saturated rings. The van der Waals surface area contributed by atoms with E-state index in [0.717, 1.165) is 6.42 Å². The number of halogens is 1. The molecular weight excluding hydrogens is 235 g/mol. The standard InChI is InChI=1S/C12H13FN4O/c13-11-4-2-10(3-5-11)12(18)15-6-1-7-17-9-14-8-16-17/h2-5,8-9H,1,6-7H2,(H,15,18). The maximum Gasteiger partial charge on any atom is 0.251 e. The summed E-state index contributed by atoms with van der Waals surface area (Å²) in [6, 6.07) is 5.46. The SMILES string of the molecule is O=C(NCCCn1cncn1)c1ccc(F)cc1. The van der Waals surface area contributed by atoms with E-state index in [1.807, 2.05) is 0 Å². The fraction of sp³-hybridized carbons (Fsp3) is 0.250. The first-order valence-corrected chi connectivity index (χ1v) is 5.62. The van der Waals surface area contributed by atoms with E-state index in [2.05, 4.69) is 15.4 Å². The highest BCUT2D eigenvalue weighted by Gasteiger charge is 2.04. The van der Waals surface area contributed by atoms with Crippen molar-refractivity contribution in [3.8, 4) is 0 Å². The summed E-state index contributed by atoms with van der Waals surface area (Å²) in [5.41, 5.74) is 0.456. The normalized spacial score (nSPS) is 10.3. The molecule has 0 bridgehead atoms. The molecule has 1 N–H and O–H groups in total. The summed E-state index contributed by atoms with van der Waals surface area (Å²) in [6.07, 6.45) is 3.86. The van der Waals surface area contributed by atoms with E-state index in [1.54, 1.807) is 11.0 Å².